The second kappa shape index (κ2) is 8.62. The molecule has 1 unspecified atom stereocenters. The van der Waals surface area contributed by atoms with E-state index in [9.17, 15) is 0 Å². The van der Waals surface area contributed by atoms with E-state index in [2.05, 4.69) is 83.6 Å². The molecule has 0 saturated carbocycles. The average Bonchev–Trinajstić information content (AvgIpc) is 2.45. The second-order valence-corrected chi connectivity index (χ2v) is 7.23. The van der Waals surface area contributed by atoms with Crippen LogP contribution < -0.4 is 5.32 Å². The van der Waals surface area contributed by atoms with E-state index in [-0.39, 0.29) is 0 Å². The molecule has 3 heteroatoms. The molecule has 0 fully saturated rings. The fourth-order valence-electron chi connectivity index (χ4n) is 2.33. The molecule has 0 bridgehead atoms. The van der Waals surface area contributed by atoms with Gasteiger partial charge >= 0.3 is 0 Å². The minimum atomic E-state index is 0.495. The van der Waals surface area contributed by atoms with Crippen molar-refractivity contribution in [2.24, 2.45) is 0 Å². The molecule has 2 aromatic carbocycles. The van der Waals surface area contributed by atoms with E-state index < -0.39 is 0 Å². The molecular formula is C18H22BrNS. The van der Waals surface area contributed by atoms with Gasteiger partial charge in [0.25, 0.3) is 0 Å². The summed E-state index contributed by atoms with van der Waals surface area (Å²) < 4.78 is 1.15. The smallest absolute Gasteiger partial charge is 0.0201 e. The third kappa shape index (κ3) is 5.85. The topological polar surface area (TPSA) is 12.0 Å². The van der Waals surface area contributed by atoms with Crippen LogP contribution in [0.25, 0.3) is 0 Å². The van der Waals surface area contributed by atoms with Gasteiger partial charge in [-0.15, -0.1) is 11.8 Å². The summed E-state index contributed by atoms with van der Waals surface area (Å²) in [6, 6.07) is 17.8. The standard InChI is InChI=1S/C18H22BrNS/c1-3-20-17(12-15-7-5-8-16(19)11-15)13-21-18-9-4-6-14(2)10-18/h4-11,17,20H,3,12-13H2,1-2H3. The van der Waals surface area contributed by atoms with Gasteiger partial charge in [-0.25, -0.2) is 0 Å². The Morgan fingerprint density at radius 3 is 2.67 bits per heavy atom. The summed E-state index contributed by atoms with van der Waals surface area (Å²) in [5, 5.41) is 3.60. The predicted molar refractivity (Wildman–Crippen MR) is 97.2 cm³/mol. The van der Waals surface area contributed by atoms with Crippen LogP contribution in [0, 0.1) is 6.92 Å². The van der Waals surface area contributed by atoms with E-state index >= 15 is 0 Å². The molecule has 0 aliphatic rings. The maximum Gasteiger partial charge on any atom is 0.0201 e. The van der Waals surface area contributed by atoms with Crippen molar-refractivity contribution in [3.8, 4) is 0 Å². The molecule has 2 rings (SSSR count). The molecule has 0 saturated heterocycles. The Morgan fingerprint density at radius 1 is 1.14 bits per heavy atom. The van der Waals surface area contributed by atoms with Gasteiger partial charge in [-0.3, -0.25) is 0 Å². The summed E-state index contributed by atoms with van der Waals surface area (Å²) in [7, 11) is 0. The van der Waals surface area contributed by atoms with Crippen LogP contribution in [0.3, 0.4) is 0 Å². The quantitative estimate of drug-likeness (QED) is 0.689. The van der Waals surface area contributed by atoms with Gasteiger partial charge in [0.15, 0.2) is 0 Å². The Kier molecular flexibility index (Phi) is 6.81. The van der Waals surface area contributed by atoms with Crippen LogP contribution in [-0.2, 0) is 6.42 Å². The van der Waals surface area contributed by atoms with E-state index in [0.717, 1.165) is 23.2 Å². The lowest BCUT2D eigenvalue weighted by molar-refractivity contribution is 0.572. The van der Waals surface area contributed by atoms with Crippen molar-refractivity contribution < 1.29 is 0 Å². The molecule has 0 spiro atoms. The molecule has 0 heterocycles. The molecule has 0 aromatic heterocycles. The largest absolute Gasteiger partial charge is 0.313 e. The number of hydrogen-bond acceptors (Lipinski definition) is 2. The molecule has 0 aliphatic heterocycles. The van der Waals surface area contributed by atoms with Crippen LogP contribution in [0.2, 0.25) is 0 Å². The first-order chi connectivity index (χ1) is 10.2. The number of aryl methyl sites for hydroxylation is 1. The fourth-order valence-corrected chi connectivity index (χ4v) is 3.85. The minimum absolute atomic E-state index is 0.495. The molecular weight excluding hydrogens is 342 g/mol. The van der Waals surface area contributed by atoms with Crippen LogP contribution in [-0.4, -0.2) is 18.3 Å². The van der Waals surface area contributed by atoms with Crippen molar-refractivity contribution in [2.45, 2.75) is 31.2 Å². The lowest BCUT2D eigenvalue weighted by Gasteiger charge is -2.18. The first-order valence-electron chi connectivity index (χ1n) is 7.34. The van der Waals surface area contributed by atoms with Crippen molar-refractivity contribution in [1.82, 2.24) is 5.32 Å². The Morgan fingerprint density at radius 2 is 1.95 bits per heavy atom. The van der Waals surface area contributed by atoms with Crippen molar-refractivity contribution in [3.05, 3.63) is 64.1 Å². The molecule has 0 radical (unpaired) electrons. The van der Waals surface area contributed by atoms with Crippen LogP contribution in [0.1, 0.15) is 18.1 Å². The molecule has 1 nitrogen and oxygen atoms in total. The summed E-state index contributed by atoms with van der Waals surface area (Å²) in [5.41, 5.74) is 2.70. The highest BCUT2D eigenvalue weighted by atomic mass is 79.9. The zero-order chi connectivity index (χ0) is 15.1. The van der Waals surface area contributed by atoms with Gasteiger partial charge in [-0.1, -0.05) is 52.7 Å². The van der Waals surface area contributed by atoms with Gasteiger partial charge in [0.2, 0.25) is 0 Å². The summed E-state index contributed by atoms with van der Waals surface area (Å²) in [5.74, 6) is 1.09. The maximum absolute atomic E-state index is 3.60. The monoisotopic (exact) mass is 363 g/mol. The Bertz CT molecular complexity index is 571. The number of rotatable bonds is 7. The SMILES string of the molecule is CCNC(CSc1cccc(C)c1)Cc1cccc(Br)c1. The summed E-state index contributed by atoms with van der Waals surface area (Å²) in [6.45, 7) is 5.33. The van der Waals surface area contributed by atoms with Crippen molar-refractivity contribution in [3.63, 3.8) is 0 Å². The number of nitrogens with one attached hydrogen (secondary N) is 1. The normalized spacial score (nSPS) is 12.3. The second-order valence-electron chi connectivity index (χ2n) is 5.22. The lowest BCUT2D eigenvalue weighted by atomic mass is 10.1. The van der Waals surface area contributed by atoms with Crippen LogP contribution in [0.4, 0.5) is 0 Å². The van der Waals surface area contributed by atoms with Crippen LogP contribution in [0.15, 0.2) is 57.9 Å². The van der Waals surface area contributed by atoms with Crippen LogP contribution in [0.5, 0.6) is 0 Å². The highest BCUT2D eigenvalue weighted by Crippen LogP contribution is 2.21. The van der Waals surface area contributed by atoms with Gasteiger partial charge in [-0.2, -0.15) is 0 Å². The third-order valence-electron chi connectivity index (χ3n) is 3.30. The van der Waals surface area contributed by atoms with Gasteiger partial charge < -0.3 is 5.32 Å². The van der Waals surface area contributed by atoms with E-state index in [1.54, 1.807) is 0 Å². The van der Waals surface area contributed by atoms with Gasteiger partial charge in [0, 0.05) is 21.2 Å². The van der Waals surface area contributed by atoms with E-state index in [1.807, 2.05) is 11.8 Å². The first kappa shape index (κ1) is 16.6. The fraction of sp³-hybridized carbons (Fsp3) is 0.333. The highest BCUT2D eigenvalue weighted by molar-refractivity contribution is 9.10. The Balaban J connectivity index is 1.95. The number of thioether (sulfide) groups is 1. The molecule has 1 N–H and O–H groups in total. The molecule has 0 aliphatic carbocycles. The number of halogens is 1. The van der Waals surface area contributed by atoms with Gasteiger partial charge in [0.1, 0.15) is 0 Å². The van der Waals surface area contributed by atoms with E-state index in [1.165, 1.54) is 16.0 Å². The maximum atomic E-state index is 3.60. The van der Waals surface area contributed by atoms with Crippen molar-refractivity contribution in [2.75, 3.05) is 12.3 Å². The van der Waals surface area contributed by atoms with Crippen molar-refractivity contribution >= 4 is 27.7 Å². The zero-order valence-electron chi connectivity index (χ0n) is 12.6. The Labute approximate surface area is 140 Å². The first-order valence-corrected chi connectivity index (χ1v) is 9.12. The van der Waals surface area contributed by atoms with Gasteiger partial charge in [0.05, 0.1) is 0 Å². The molecule has 0 amide bonds. The summed E-state index contributed by atoms with van der Waals surface area (Å²) in [4.78, 5) is 1.35. The molecule has 21 heavy (non-hydrogen) atoms. The third-order valence-corrected chi connectivity index (χ3v) is 4.95. The van der Waals surface area contributed by atoms with Gasteiger partial charge in [-0.05, 0) is 49.7 Å². The lowest BCUT2D eigenvalue weighted by Crippen LogP contribution is -2.33. The molecule has 1 atom stereocenters. The molecule has 2 aromatic rings. The average molecular weight is 364 g/mol. The predicted octanol–water partition coefficient (Wildman–Crippen LogP) is 5.07. The summed E-state index contributed by atoms with van der Waals surface area (Å²) >= 11 is 5.48. The highest BCUT2D eigenvalue weighted by Gasteiger charge is 2.09. The van der Waals surface area contributed by atoms with E-state index in [4.69, 9.17) is 0 Å². The minimum Gasteiger partial charge on any atom is -0.313 e. The van der Waals surface area contributed by atoms with Crippen LogP contribution >= 0.6 is 27.7 Å². The zero-order valence-corrected chi connectivity index (χ0v) is 15.0. The Hall–Kier alpha value is -0.770. The number of likely N-dealkylation sites (N-methyl/N-ethyl adjacent to an activating group) is 1. The van der Waals surface area contributed by atoms with Crippen molar-refractivity contribution in [1.29, 1.82) is 0 Å². The number of benzene rings is 2. The molecule has 112 valence electrons. The number of hydrogen-bond donors (Lipinski definition) is 1. The summed E-state index contributed by atoms with van der Waals surface area (Å²) in [6.07, 6.45) is 1.06. The van der Waals surface area contributed by atoms with E-state index in [0.29, 0.717) is 6.04 Å².